The lowest BCUT2D eigenvalue weighted by molar-refractivity contribution is -0.121. The summed E-state index contributed by atoms with van der Waals surface area (Å²) >= 11 is 2.07. The van der Waals surface area contributed by atoms with Crippen molar-refractivity contribution in [2.75, 3.05) is 18.1 Å². The second-order valence-corrected chi connectivity index (χ2v) is 6.14. The first-order valence-corrected chi connectivity index (χ1v) is 8.04. The van der Waals surface area contributed by atoms with Crippen LogP contribution >= 0.6 is 22.6 Å². The van der Waals surface area contributed by atoms with Crippen LogP contribution in [0.4, 0.5) is 5.69 Å². The van der Waals surface area contributed by atoms with Crippen molar-refractivity contribution < 1.29 is 14.3 Å². The summed E-state index contributed by atoms with van der Waals surface area (Å²) in [5, 5.41) is 0. The topological polar surface area (TPSA) is 46.6 Å². The SMILES string of the molecule is O=C(OCC(=O)N1CCc2ccccc21)c1ccccc1I. The molecule has 2 aromatic rings. The lowest BCUT2D eigenvalue weighted by atomic mass is 10.2. The summed E-state index contributed by atoms with van der Waals surface area (Å²) in [4.78, 5) is 26.0. The van der Waals surface area contributed by atoms with Gasteiger partial charge in [-0.05, 0) is 52.8 Å². The molecule has 1 aliphatic rings. The third kappa shape index (κ3) is 2.99. The predicted molar refractivity (Wildman–Crippen MR) is 91.9 cm³/mol. The molecule has 0 unspecified atom stereocenters. The van der Waals surface area contributed by atoms with Gasteiger partial charge in [0.1, 0.15) is 0 Å². The Labute approximate surface area is 142 Å². The van der Waals surface area contributed by atoms with Gasteiger partial charge in [-0.15, -0.1) is 0 Å². The summed E-state index contributed by atoms with van der Waals surface area (Å²) < 4.78 is 5.97. The van der Waals surface area contributed by atoms with E-state index in [-0.39, 0.29) is 12.5 Å². The van der Waals surface area contributed by atoms with E-state index in [2.05, 4.69) is 22.6 Å². The molecular weight excluding hydrogens is 393 g/mol. The number of benzene rings is 2. The molecule has 0 N–H and O–H groups in total. The molecular formula is C17H14INO3. The number of nitrogens with zero attached hydrogens (tertiary/aromatic N) is 1. The van der Waals surface area contributed by atoms with E-state index in [9.17, 15) is 9.59 Å². The number of hydrogen-bond donors (Lipinski definition) is 0. The van der Waals surface area contributed by atoms with Crippen LogP contribution in [0.25, 0.3) is 0 Å². The highest BCUT2D eigenvalue weighted by Gasteiger charge is 2.25. The first kappa shape index (κ1) is 15.0. The number of anilines is 1. The molecule has 22 heavy (non-hydrogen) atoms. The summed E-state index contributed by atoms with van der Waals surface area (Å²) in [6.45, 7) is 0.400. The summed E-state index contributed by atoms with van der Waals surface area (Å²) in [6, 6.07) is 15.0. The predicted octanol–water partition coefficient (Wildman–Crippen LogP) is 3.04. The molecule has 1 heterocycles. The largest absolute Gasteiger partial charge is 0.452 e. The average molecular weight is 407 g/mol. The number of rotatable bonds is 3. The first-order valence-electron chi connectivity index (χ1n) is 6.97. The number of para-hydroxylation sites is 1. The number of hydrogen-bond acceptors (Lipinski definition) is 3. The Kier molecular flexibility index (Phi) is 4.42. The van der Waals surface area contributed by atoms with Crippen LogP contribution in [-0.4, -0.2) is 25.0 Å². The number of carbonyl (C=O) groups excluding carboxylic acids is 2. The second-order valence-electron chi connectivity index (χ2n) is 4.98. The monoisotopic (exact) mass is 407 g/mol. The molecule has 0 saturated carbocycles. The van der Waals surface area contributed by atoms with E-state index in [0.29, 0.717) is 12.1 Å². The van der Waals surface area contributed by atoms with Crippen molar-refractivity contribution in [3.05, 3.63) is 63.2 Å². The third-order valence-electron chi connectivity index (χ3n) is 3.61. The fourth-order valence-corrected chi connectivity index (χ4v) is 3.11. The van der Waals surface area contributed by atoms with Crippen LogP contribution in [0.1, 0.15) is 15.9 Å². The van der Waals surface area contributed by atoms with E-state index in [1.54, 1.807) is 17.0 Å². The van der Waals surface area contributed by atoms with Crippen LogP contribution in [0.15, 0.2) is 48.5 Å². The van der Waals surface area contributed by atoms with E-state index in [4.69, 9.17) is 4.74 Å². The zero-order chi connectivity index (χ0) is 15.5. The molecule has 0 aliphatic carbocycles. The molecule has 0 aromatic heterocycles. The van der Waals surface area contributed by atoms with E-state index in [1.165, 1.54) is 0 Å². The maximum absolute atomic E-state index is 12.3. The minimum absolute atomic E-state index is 0.191. The molecule has 1 aliphatic heterocycles. The molecule has 0 saturated heterocycles. The molecule has 1 amide bonds. The van der Waals surface area contributed by atoms with E-state index in [1.807, 2.05) is 36.4 Å². The van der Waals surface area contributed by atoms with Crippen molar-refractivity contribution in [2.24, 2.45) is 0 Å². The maximum atomic E-state index is 12.3. The standard InChI is InChI=1S/C17H14INO3/c18-14-7-3-2-6-13(14)17(21)22-11-16(20)19-10-9-12-5-1-4-8-15(12)19/h1-8H,9-11H2. The highest BCUT2D eigenvalue weighted by molar-refractivity contribution is 14.1. The highest BCUT2D eigenvalue weighted by atomic mass is 127. The number of fused-ring (bicyclic) bond motifs is 1. The van der Waals surface area contributed by atoms with E-state index < -0.39 is 5.97 Å². The number of halogens is 1. The molecule has 0 radical (unpaired) electrons. The van der Waals surface area contributed by atoms with Gasteiger partial charge in [-0.3, -0.25) is 4.79 Å². The van der Waals surface area contributed by atoms with Crippen molar-refractivity contribution in [1.82, 2.24) is 0 Å². The Morgan fingerprint density at radius 1 is 1.09 bits per heavy atom. The van der Waals surface area contributed by atoms with Gasteiger partial charge in [0.05, 0.1) is 5.56 Å². The molecule has 3 rings (SSSR count). The average Bonchev–Trinajstić information content (AvgIpc) is 2.97. The van der Waals surface area contributed by atoms with Crippen molar-refractivity contribution >= 4 is 40.2 Å². The normalized spacial score (nSPS) is 12.9. The lowest BCUT2D eigenvalue weighted by Gasteiger charge is -2.17. The Hall–Kier alpha value is -1.89. The van der Waals surface area contributed by atoms with E-state index in [0.717, 1.165) is 21.2 Å². The Balaban J connectivity index is 1.64. The molecule has 5 heteroatoms. The summed E-state index contributed by atoms with van der Waals surface area (Å²) in [5.74, 6) is -0.657. The molecule has 0 fully saturated rings. The molecule has 0 atom stereocenters. The van der Waals surface area contributed by atoms with Crippen LogP contribution in [0.3, 0.4) is 0 Å². The second kappa shape index (κ2) is 6.48. The van der Waals surface area contributed by atoms with Gasteiger partial charge >= 0.3 is 5.97 Å². The molecule has 0 spiro atoms. The quantitative estimate of drug-likeness (QED) is 0.581. The van der Waals surface area contributed by atoms with Crippen molar-refractivity contribution in [3.8, 4) is 0 Å². The van der Waals surface area contributed by atoms with Crippen LogP contribution < -0.4 is 4.90 Å². The molecule has 4 nitrogen and oxygen atoms in total. The number of amides is 1. The van der Waals surface area contributed by atoms with E-state index >= 15 is 0 Å². The first-order chi connectivity index (χ1) is 10.7. The van der Waals surface area contributed by atoms with Gasteiger partial charge in [0, 0.05) is 15.8 Å². The smallest absolute Gasteiger partial charge is 0.339 e. The molecule has 0 bridgehead atoms. The molecule has 2 aromatic carbocycles. The number of carbonyl (C=O) groups is 2. The minimum atomic E-state index is -0.467. The Bertz CT molecular complexity index is 729. The van der Waals surface area contributed by atoms with Gasteiger partial charge in [-0.1, -0.05) is 30.3 Å². The van der Waals surface area contributed by atoms with Crippen LogP contribution in [0, 0.1) is 3.57 Å². The number of esters is 1. The van der Waals surface area contributed by atoms with Gasteiger partial charge in [0.2, 0.25) is 0 Å². The van der Waals surface area contributed by atoms with Crippen LogP contribution in [-0.2, 0) is 16.0 Å². The lowest BCUT2D eigenvalue weighted by Crippen LogP contribution is -2.33. The van der Waals surface area contributed by atoms with Gasteiger partial charge in [0.15, 0.2) is 6.61 Å². The summed E-state index contributed by atoms with van der Waals surface area (Å²) in [7, 11) is 0. The third-order valence-corrected chi connectivity index (χ3v) is 4.55. The Morgan fingerprint density at radius 2 is 1.82 bits per heavy atom. The fourth-order valence-electron chi connectivity index (χ4n) is 2.51. The summed E-state index contributed by atoms with van der Waals surface area (Å²) in [6.07, 6.45) is 0.840. The zero-order valence-corrected chi connectivity index (χ0v) is 13.9. The zero-order valence-electron chi connectivity index (χ0n) is 11.8. The van der Waals surface area contributed by atoms with Gasteiger partial charge in [-0.2, -0.15) is 0 Å². The molecule has 112 valence electrons. The van der Waals surface area contributed by atoms with Crippen molar-refractivity contribution in [3.63, 3.8) is 0 Å². The summed E-state index contributed by atoms with van der Waals surface area (Å²) in [5.41, 5.74) is 2.55. The maximum Gasteiger partial charge on any atom is 0.339 e. The van der Waals surface area contributed by atoms with Gasteiger partial charge < -0.3 is 9.64 Å². The number of ether oxygens (including phenoxy) is 1. The van der Waals surface area contributed by atoms with Crippen molar-refractivity contribution in [1.29, 1.82) is 0 Å². The highest BCUT2D eigenvalue weighted by Crippen LogP contribution is 2.27. The van der Waals surface area contributed by atoms with Crippen LogP contribution in [0.5, 0.6) is 0 Å². The minimum Gasteiger partial charge on any atom is -0.452 e. The van der Waals surface area contributed by atoms with Crippen LogP contribution in [0.2, 0.25) is 0 Å². The van der Waals surface area contributed by atoms with Crippen molar-refractivity contribution in [2.45, 2.75) is 6.42 Å². The van der Waals surface area contributed by atoms with Gasteiger partial charge in [0.25, 0.3) is 5.91 Å². The fraction of sp³-hybridized carbons (Fsp3) is 0.176. The van der Waals surface area contributed by atoms with Gasteiger partial charge in [-0.25, -0.2) is 4.79 Å². The Morgan fingerprint density at radius 3 is 2.64 bits per heavy atom.